The van der Waals surface area contributed by atoms with Crippen LogP contribution in [-0.2, 0) is 0 Å². The molecular weight excluding hydrogens is 242 g/mol. The average Bonchev–Trinajstić information content (AvgIpc) is 2.89. The number of anilines is 2. The minimum absolute atomic E-state index is 0.479. The molecule has 6 nitrogen and oxygen atoms in total. The van der Waals surface area contributed by atoms with Crippen molar-refractivity contribution in [3.8, 4) is 11.5 Å². The van der Waals surface area contributed by atoms with E-state index >= 15 is 0 Å². The molecule has 3 rings (SSSR count). The molecule has 1 saturated heterocycles. The van der Waals surface area contributed by atoms with Crippen LogP contribution in [0.15, 0.2) is 28.8 Å². The lowest BCUT2D eigenvalue weighted by Crippen LogP contribution is -2.44. The molecule has 100 valence electrons. The van der Waals surface area contributed by atoms with Crippen molar-refractivity contribution in [1.29, 1.82) is 0 Å². The number of aromatic nitrogens is 2. The number of likely N-dealkylation sites (N-methyl/N-ethyl adjacent to an activating group) is 1. The minimum atomic E-state index is 0.479. The Hall–Kier alpha value is -2.08. The maximum atomic E-state index is 5.91. The number of para-hydroxylation sites is 1. The lowest BCUT2D eigenvalue weighted by atomic mass is 10.2. The number of hydrogen-bond acceptors (Lipinski definition) is 6. The molecule has 1 aromatic carbocycles. The highest BCUT2D eigenvalue weighted by Gasteiger charge is 2.20. The third kappa shape index (κ3) is 2.39. The van der Waals surface area contributed by atoms with Gasteiger partial charge in [-0.15, -0.1) is 0 Å². The van der Waals surface area contributed by atoms with E-state index in [1.165, 1.54) is 0 Å². The molecular formula is C13H17N5O. The molecule has 1 aliphatic rings. The lowest BCUT2D eigenvalue weighted by molar-refractivity contribution is 0.309. The summed E-state index contributed by atoms with van der Waals surface area (Å²) in [6.07, 6.45) is 0. The summed E-state index contributed by atoms with van der Waals surface area (Å²) in [7, 11) is 2.11. The Morgan fingerprint density at radius 3 is 2.63 bits per heavy atom. The zero-order chi connectivity index (χ0) is 13.2. The normalized spacial score (nSPS) is 16.8. The van der Waals surface area contributed by atoms with Crippen molar-refractivity contribution in [2.24, 2.45) is 0 Å². The van der Waals surface area contributed by atoms with Gasteiger partial charge in [0.15, 0.2) is 0 Å². The van der Waals surface area contributed by atoms with Crippen LogP contribution in [0.2, 0.25) is 0 Å². The van der Waals surface area contributed by atoms with Gasteiger partial charge in [0.25, 0.3) is 11.8 Å². The average molecular weight is 259 g/mol. The summed E-state index contributed by atoms with van der Waals surface area (Å²) < 4.78 is 5.32. The SMILES string of the molecule is CN1CCN(c2noc(-c3ccccc3N)n2)CC1. The fourth-order valence-corrected chi connectivity index (χ4v) is 2.15. The maximum Gasteiger partial charge on any atom is 0.266 e. The summed E-state index contributed by atoms with van der Waals surface area (Å²) in [5.41, 5.74) is 7.35. The molecule has 0 radical (unpaired) electrons. The topological polar surface area (TPSA) is 71.4 Å². The predicted octanol–water partition coefficient (Wildman–Crippen LogP) is 1.07. The zero-order valence-electron chi connectivity index (χ0n) is 10.9. The molecule has 1 aromatic heterocycles. The number of nitrogen functional groups attached to an aromatic ring is 1. The Balaban J connectivity index is 1.82. The molecule has 2 aromatic rings. The second-order valence-corrected chi connectivity index (χ2v) is 4.78. The number of hydrogen-bond donors (Lipinski definition) is 1. The van der Waals surface area contributed by atoms with Crippen molar-refractivity contribution >= 4 is 11.6 Å². The molecule has 2 N–H and O–H groups in total. The van der Waals surface area contributed by atoms with E-state index in [1.807, 2.05) is 24.3 Å². The van der Waals surface area contributed by atoms with E-state index in [9.17, 15) is 0 Å². The van der Waals surface area contributed by atoms with Crippen LogP contribution in [0.5, 0.6) is 0 Å². The van der Waals surface area contributed by atoms with Crippen LogP contribution in [0.3, 0.4) is 0 Å². The van der Waals surface area contributed by atoms with Gasteiger partial charge in [-0.25, -0.2) is 0 Å². The van der Waals surface area contributed by atoms with E-state index in [-0.39, 0.29) is 0 Å². The molecule has 2 heterocycles. The molecule has 0 aliphatic carbocycles. The standard InChI is InChI=1S/C13H17N5O/c1-17-6-8-18(9-7-17)13-15-12(19-16-13)10-4-2-3-5-11(10)14/h2-5H,6-9,14H2,1H3. The van der Waals surface area contributed by atoms with Crippen LogP contribution < -0.4 is 10.6 Å². The smallest absolute Gasteiger partial charge is 0.266 e. The number of piperazine rings is 1. The number of nitrogens with two attached hydrogens (primary N) is 1. The first kappa shape index (κ1) is 12.0. The highest BCUT2D eigenvalue weighted by atomic mass is 16.5. The van der Waals surface area contributed by atoms with E-state index in [1.54, 1.807) is 0 Å². The van der Waals surface area contributed by atoms with Crippen LogP contribution in [0.25, 0.3) is 11.5 Å². The Morgan fingerprint density at radius 1 is 1.16 bits per heavy atom. The third-order valence-corrected chi connectivity index (χ3v) is 3.39. The first-order valence-electron chi connectivity index (χ1n) is 6.36. The zero-order valence-corrected chi connectivity index (χ0v) is 10.9. The van der Waals surface area contributed by atoms with E-state index in [0.717, 1.165) is 31.7 Å². The molecule has 0 atom stereocenters. The van der Waals surface area contributed by atoms with Crippen LogP contribution in [0.1, 0.15) is 0 Å². The highest BCUT2D eigenvalue weighted by molar-refractivity contribution is 5.70. The van der Waals surface area contributed by atoms with Crippen molar-refractivity contribution in [3.05, 3.63) is 24.3 Å². The van der Waals surface area contributed by atoms with E-state index in [2.05, 4.69) is 27.0 Å². The van der Waals surface area contributed by atoms with Crippen molar-refractivity contribution in [2.45, 2.75) is 0 Å². The van der Waals surface area contributed by atoms with Crippen molar-refractivity contribution in [2.75, 3.05) is 43.9 Å². The first-order chi connectivity index (χ1) is 9.24. The quantitative estimate of drug-likeness (QED) is 0.813. The fraction of sp³-hybridized carbons (Fsp3) is 0.385. The van der Waals surface area contributed by atoms with Gasteiger partial charge < -0.3 is 20.1 Å². The molecule has 6 heteroatoms. The molecule has 1 fully saturated rings. The van der Waals surface area contributed by atoms with Crippen LogP contribution >= 0.6 is 0 Å². The van der Waals surface area contributed by atoms with Gasteiger partial charge in [-0.05, 0) is 24.3 Å². The van der Waals surface area contributed by atoms with Gasteiger partial charge in [0.1, 0.15) is 0 Å². The highest BCUT2D eigenvalue weighted by Crippen LogP contribution is 2.25. The van der Waals surface area contributed by atoms with Crippen molar-refractivity contribution in [3.63, 3.8) is 0 Å². The third-order valence-electron chi connectivity index (χ3n) is 3.39. The summed E-state index contributed by atoms with van der Waals surface area (Å²) in [4.78, 5) is 8.86. The van der Waals surface area contributed by atoms with Crippen molar-refractivity contribution < 1.29 is 4.52 Å². The van der Waals surface area contributed by atoms with Gasteiger partial charge in [-0.2, -0.15) is 4.98 Å². The van der Waals surface area contributed by atoms with Gasteiger partial charge in [-0.1, -0.05) is 12.1 Å². The molecule has 0 amide bonds. The summed E-state index contributed by atoms with van der Waals surface area (Å²) in [5, 5.41) is 4.05. The summed E-state index contributed by atoms with van der Waals surface area (Å²) in [6, 6.07) is 7.51. The van der Waals surface area contributed by atoms with Crippen molar-refractivity contribution in [1.82, 2.24) is 15.0 Å². The maximum absolute atomic E-state index is 5.91. The van der Waals surface area contributed by atoms with Crippen LogP contribution in [0, 0.1) is 0 Å². The van der Waals surface area contributed by atoms with Gasteiger partial charge in [0, 0.05) is 31.9 Å². The van der Waals surface area contributed by atoms with E-state index < -0.39 is 0 Å². The Bertz CT molecular complexity index is 560. The first-order valence-corrected chi connectivity index (χ1v) is 6.36. The van der Waals surface area contributed by atoms with Gasteiger partial charge in [-0.3, -0.25) is 0 Å². The number of nitrogens with zero attached hydrogens (tertiary/aromatic N) is 4. The van der Waals surface area contributed by atoms with E-state index in [0.29, 0.717) is 17.5 Å². The predicted molar refractivity (Wildman–Crippen MR) is 73.9 cm³/mol. The molecule has 19 heavy (non-hydrogen) atoms. The molecule has 0 unspecified atom stereocenters. The minimum Gasteiger partial charge on any atom is -0.398 e. The van der Waals surface area contributed by atoms with Gasteiger partial charge in [0.05, 0.1) is 5.56 Å². The van der Waals surface area contributed by atoms with E-state index in [4.69, 9.17) is 10.3 Å². The summed E-state index contributed by atoms with van der Waals surface area (Å²) >= 11 is 0. The second kappa shape index (κ2) is 4.89. The van der Waals surface area contributed by atoms with Crippen LogP contribution in [-0.4, -0.2) is 48.3 Å². The number of benzene rings is 1. The molecule has 0 bridgehead atoms. The Kier molecular flexibility index (Phi) is 3.08. The van der Waals surface area contributed by atoms with Gasteiger partial charge >= 0.3 is 0 Å². The monoisotopic (exact) mass is 259 g/mol. The van der Waals surface area contributed by atoms with Gasteiger partial charge in [0.2, 0.25) is 0 Å². The molecule has 0 spiro atoms. The Labute approximate surface area is 111 Å². The largest absolute Gasteiger partial charge is 0.398 e. The lowest BCUT2D eigenvalue weighted by Gasteiger charge is -2.31. The summed E-state index contributed by atoms with van der Waals surface area (Å²) in [6.45, 7) is 3.86. The summed E-state index contributed by atoms with van der Waals surface area (Å²) in [5.74, 6) is 1.12. The molecule has 0 saturated carbocycles. The van der Waals surface area contributed by atoms with Crippen LogP contribution in [0.4, 0.5) is 11.6 Å². The Morgan fingerprint density at radius 2 is 1.89 bits per heavy atom. The second-order valence-electron chi connectivity index (χ2n) is 4.78. The molecule has 1 aliphatic heterocycles. The number of rotatable bonds is 2. The fourth-order valence-electron chi connectivity index (χ4n) is 2.15.